The van der Waals surface area contributed by atoms with E-state index in [1.54, 1.807) is 24.3 Å². The summed E-state index contributed by atoms with van der Waals surface area (Å²) in [5.41, 5.74) is 0.641. The normalized spacial score (nSPS) is 31.7. The molecule has 1 aromatic carbocycles. The molecule has 1 N–H and O–H groups in total. The molecule has 1 saturated heterocycles. The highest BCUT2D eigenvalue weighted by atomic mass is 32.2. The number of carbonyl (C=O) groups excluding carboxylic acids is 1. The van der Waals surface area contributed by atoms with Crippen molar-refractivity contribution in [3.8, 4) is 0 Å². The van der Waals surface area contributed by atoms with Crippen LogP contribution in [0, 0.1) is 11.3 Å². The second-order valence-corrected chi connectivity index (χ2v) is 10.3. The highest BCUT2D eigenvalue weighted by molar-refractivity contribution is 7.86. The minimum Gasteiger partial charge on any atom is -0.351 e. The van der Waals surface area contributed by atoms with Crippen LogP contribution in [0.4, 0.5) is 0 Å². The third-order valence-electron chi connectivity index (χ3n) is 5.68. The Balaban J connectivity index is 1.87. The number of benzene rings is 1. The van der Waals surface area contributed by atoms with E-state index >= 15 is 0 Å². The molecule has 1 amide bonds. The van der Waals surface area contributed by atoms with Crippen molar-refractivity contribution in [1.82, 2.24) is 5.32 Å². The second-order valence-electron chi connectivity index (χ2n) is 8.72. The van der Waals surface area contributed by atoms with E-state index in [0.717, 1.165) is 25.5 Å². The molecule has 0 unspecified atom stereocenters. The summed E-state index contributed by atoms with van der Waals surface area (Å²) < 4.78 is 41.4. The van der Waals surface area contributed by atoms with Crippen LogP contribution in [0.15, 0.2) is 30.3 Å². The molecule has 1 aromatic rings. The third-order valence-corrected chi connectivity index (χ3v) is 6.26. The SMILES string of the molecule is CCO[C@@H]1O[C@@H]([C@@H]2CCC(C)(C)C2)[C@@H](OS(C)(=O)=O)[C@H]1NC(=O)c1ccccc1. The minimum absolute atomic E-state index is 0.137. The highest BCUT2D eigenvalue weighted by Crippen LogP contribution is 2.46. The van der Waals surface area contributed by atoms with Gasteiger partial charge in [0, 0.05) is 12.2 Å². The van der Waals surface area contributed by atoms with Gasteiger partial charge in [0.15, 0.2) is 6.29 Å². The van der Waals surface area contributed by atoms with E-state index in [9.17, 15) is 13.2 Å². The van der Waals surface area contributed by atoms with Gasteiger partial charge in [-0.3, -0.25) is 8.98 Å². The fourth-order valence-electron chi connectivity index (χ4n) is 4.42. The van der Waals surface area contributed by atoms with Crippen molar-refractivity contribution in [2.24, 2.45) is 11.3 Å². The third kappa shape index (κ3) is 5.57. The lowest BCUT2D eigenvalue weighted by atomic mass is 9.87. The van der Waals surface area contributed by atoms with Gasteiger partial charge in [-0.1, -0.05) is 32.0 Å². The number of amides is 1. The zero-order valence-electron chi connectivity index (χ0n) is 17.5. The molecule has 8 heteroatoms. The molecule has 0 spiro atoms. The Morgan fingerprint density at radius 1 is 1.28 bits per heavy atom. The number of ether oxygens (including phenoxy) is 2. The molecular weight excluding hydrogens is 394 g/mol. The summed E-state index contributed by atoms with van der Waals surface area (Å²) in [5, 5.41) is 2.90. The summed E-state index contributed by atoms with van der Waals surface area (Å²) in [7, 11) is -3.76. The first kappa shape index (κ1) is 22.2. The Hall–Kier alpha value is -1.48. The van der Waals surface area contributed by atoms with Gasteiger partial charge in [0.25, 0.3) is 16.0 Å². The van der Waals surface area contributed by atoms with Gasteiger partial charge in [-0.15, -0.1) is 0 Å². The molecule has 5 atom stereocenters. The lowest BCUT2D eigenvalue weighted by Crippen LogP contribution is -2.50. The van der Waals surface area contributed by atoms with Crippen molar-refractivity contribution in [2.45, 2.75) is 64.6 Å². The van der Waals surface area contributed by atoms with Crippen LogP contribution in [0.1, 0.15) is 50.4 Å². The fraction of sp³-hybridized carbons (Fsp3) is 0.667. The zero-order chi connectivity index (χ0) is 21.2. The first-order valence-corrected chi connectivity index (χ1v) is 11.9. The summed E-state index contributed by atoms with van der Waals surface area (Å²) >= 11 is 0. The molecule has 0 bridgehead atoms. The molecular formula is C21H31NO6S. The zero-order valence-corrected chi connectivity index (χ0v) is 18.3. The number of rotatable bonds is 7. The number of nitrogens with one attached hydrogen (secondary N) is 1. The molecule has 0 radical (unpaired) electrons. The van der Waals surface area contributed by atoms with Crippen molar-refractivity contribution in [3.05, 3.63) is 35.9 Å². The van der Waals surface area contributed by atoms with Gasteiger partial charge in [-0.25, -0.2) is 0 Å². The minimum atomic E-state index is -3.76. The summed E-state index contributed by atoms with van der Waals surface area (Å²) in [6.07, 6.45) is 1.79. The predicted octanol–water partition coefficient (Wildman–Crippen LogP) is 2.72. The Kier molecular flexibility index (Phi) is 6.67. The van der Waals surface area contributed by atoms with E-state index in [1.807, 2.05) is 13.0 Å². The Bertz CT molecular complexity index is 810. The van der Waals surface area contributed by atoms with Crippen LogP contribution in [0.25, 0.3) is 0 Å². The van der Waals surface area contributed by atoms with Crippen LogP contribution in [0.2, 0.25) is 0 Å². The van der Waals surface area contributed by atoms with Crippen LogP contribution in [-0.4, -0.2) is 51.7 Å². The van der Waals surface area contributed by atoms with E-state index in [0.29, 0.717) is 12.2 Å². The molecule has 1 heterocycles. The van der Waals surface area contributed by atoms with E-state index in [-0.39, 0.29) is 17.2 Å². The molecule has 3 rings (SSSR count). The number of hydrogen-bond donors (Lipinski definition) is 1. The highest BCUT2D eigenvalue weighted by Gasteiger charge is 2.53. The summed E-state index contributed by atoms with van der Waals surface area (Å²) in [6, 6.07) is 8.04. The van der Waals surface area contributed by atoms with Crippen molar-refractivity contribution >= 4 is 16.0 Å². The molecule has 0 aromatic heterocycles. The van der Waals surface area contributed by atoms with Gasteiger partial charge in [0.05, 0.1) is 12.4 Å². The maximum absolute atomic E-state index is 12.8. The molecule has 1 aliphatic carbocycles. The average Bonchev–Trinajstić information content (AvgIpc) is 3.15. The van der Waals surface area contributed by atoms with Gasteiger partial charge < -0.3 is 14.8 Å². The summed E-state index contributed by atoms with van der Waals surface area (Å²) in [4.78, 5) is 12.8. The van der Waals surface area contributed by atoms with Crippen LogP contribution >= 0.6 is 0 Å². The van der Waals surface area contributed by atoms with E-state index < -0.39 is 34.7 Å². The quantitative estimate of drug-likeness (QED) is 0.676. The van der Waals surface area contributed by atoms with E-state index in [4.69, 9.17) is 13.7 Å². The number of hydrogen-bond acceptors (Lipinski definition) is 6. The average molecular weight is 426 g/mol. The van der Waals surface area contributed by atoms with E-state index in [2.05, 4.69) is 19.2 Å². The van der Waals surface area contributed by atoms with Crippen molar-refractivity contribution in [1.29, 1.82) is 0 Å². The first-order chi connectivity index (χ1) is 13.6. The molecule has 29 heavy (non-hydrogen) atoms. The van der Waals surface area contributed by atoms with Gasteiger partial charge >= 0.3 is 0 Å². The van der Waals surface area contributed by atoms with Crippen LogP contribution in [-0.2, 0) is 23.8 Å². The van der Waals surface area contributed by atoms with Crippen molar-refractivity contribution in [2.75, 3.05) is 12.9 Å². The fourth-order valence-corrected chi connectivity index (χ4v) is 5.06. The Labute approximate surface area is 173 Å². The van der Waals surface area contributed by atoms with Gasteiger partial charge in [0.2, 0.25) is 0 Å². The van der Waals surface area contributed by atoms with Crippen molar-refractivity contribution < 1.29 is 26.9 Å². The van der Waals surface area contributed by atoms with Crippen LogP contribution < -0.4 is 5.32 Å². The monoisotopic (exact) mass is 425 g/mol. The smallest absolute Gasteiger partial charge is 0.264 e. The molecule has 1 aliphatic heterocycles. The van der Waals surface area contributed by atoms with Crippen LogP contribution in [0.5, 0.6) is 0 Å². The molecule has 2 aliphatic rings. The predicted molar refractivity (Wildman–Crippen MR) is 109 cm³/mol. The Morgan fingerprint density at radius 2 is 1.97 bits per heavy atom. The van der Waals surface area contributed by atoms with Gasteiger partial charge in [-0.2, -0.15) is 8.42 Å². The lowest BCUT2D eigenvalue weighted by molar-refractivity contribution is -0.148. The van der Waals surface area contributed by atoms with Crippen LogP contribution in [0.3, 0.4) is 0 Å². The largest absolute Gasteiger partial charge is 0.351 e. The second kappa shape index (κ2) is 8.71. The van der Waals surface area contributed by atoms with Gasteiger partial charge in [-0.05, 0) is 49.7 Å². The molecule has 2 fully saturated rings. The molecule has 162 valence electrons. The van der Waals surface area contributed by atoms with Crippen molar-refractivity contribution in [3.63, 3.8) is 0 Å². The Morgan fingerprint density at radius 3 is 2.52 bits per heavy atom. The maximum atomic E-state index is 12.8. The molecule has 7 nitrogen and oxygen atoms in total. The maximum Gasteiger partial charge on any atom is 0.264 e. The standard InChI is InChI=1S/C21H31NO6S/c1-5-26-20-16(22-19(23)14-9-7-6-8-10-14)18(28-29(4,24)25)17(27-20)15-11-12-21(2,3)13-15/h6-10,15-18,20H,5,11-13H2,1-4H3,(H,22,23)/t15-,16-,17+,18+,20-/m1/s1. The van der Waals surface area contributed by atoms with Gasteiger partial charge in [0.1, 0.15) is 12.1 Å². The summed E-state index contributed by atoms with van der Waals surface area (Å²) in [6.45, 7) is 6.60. The first-order valence-electron chi connectivity index (χ1n) is 10.1. The lowest BCUT2D eigenvalue weighted by Gasteiger charge is -2.27. The van der Waals surface area contributed by atoms with E-state index in [1.165, 1.54) is 0 Å². The topological polar surface area (TPSA) is 90.9 Å². The molecule has 1 saturated carbocycles. The summed E-state index contributed by atoms with van der Waals surface area (Å²) in [5.74, 6) is -0.184. The number of carbonyl (C=O) groups is 1.